The molecule has 1 heterocycles. The maximum absolute atomic E-state index is 10.8. The van der Waals surface area contributed by atoms with Gasteiger partial charge in [-0.25, -0.2) is 4.79 Å². The van der Waals surface area contributed by atoms with Gasteiger partial charge in [0.25, 0.3) is 0 Å². The monoisotopic (exact) mass is 140 g/mol. The van der Waals surface area contributed by atoms with Crippen molar-refractivity contribution in [1.29, 1.82) is 0 Å². The summed E-state index contributed by atoms with van der Waals surface area (Å²) in [4.78, 5) is 23.3. The predicted molar refractivity (Wildman–Crippen MR) is 35.9 cm³/mol. The molecule has 0 unspecified atom stereocenters. The van der Waals surface area contributed by atoms with E-state index in [2.05, 4.69) is 4.98 Å². The second kappa shape index (κ2) is 2.51. The van der Waals surface area contributed by atoms with Gasteiger partial charge in [-0.2, -0.15) is 0 Å². The van der Waals surface area contributed by atoms with Gasteiger partial charge in [0.1, 0.15) is 6.29 Å². The molecule has 0 aliphatic heterocycles. The average Bonchev–Trinajstić information content (AvgIpc) is 2.20. The van der Waals surface area contributed by atoms with Crippen molar-refractivity contribution >= 4 is 6.29 Å². The van der Waals surface area contributed by atoms with Gasteiger partial charge < -0.3 is 9.78 Å². The summed E-state index contributed by atoms with van der Waals surface area (Å²) in [6, 6.07) is 0. The number of carbonyl (C=O) groups excluding carboxylic acids is 1. The zero-order chi connectivity index (χ0) is 7.56. The molecule has 1 N–H and O–H groups in total. The van der Waals surface area contributed by atoms with Crippen LogP contribution in [0.4, 0.5) is 0 Å². The third-order valence-electron chi connectivity index (χ3n) is 1.33. The highest BCUT2D eigenvalue weighted by Gasteiger charge is 1.98. The maximum Gasteiger partial charge on any atom is 0.326 e. The van der Waals surface area contributed by atoms with E-state index < -0.39 is 0 Å². The molecule has 4 heteroatoms. The van der Waals surface area contributed by atoms with E-state index in [1.807, 2.05) is 0 Å². The third kappa shape index (κ3) is 1.00. The Morgan fingerprint density at radius 3 is 2.90 bits per heavy atom. The summed E-state index contributed by atoms with van der Waals surface area (Å²) in [5.41, 5.74) is 0.543. The van der Waals surface area contributed by atoms with Gasteiger partial charge in [-0.15, -0.1) is 0 Å². The van der Waals surface area contributed by atoms with Crippen molar-refractivity contribution < 1.29 is 4.79 Å². The van der Waals surface area contributed by atoms with Crippen LogP contribution in [0.25, 0.3) is 0 Å². The highest BCUT2D eigenvalue weighted by Crippen LogP contribution is 1.87. The Bertz CT molecular complexity index is 284. The molecule has 0 fully saturated rings. The summed E-state index contributed by atoms with van der Waals surface area (Å²) >= 11 is 0. The number of imidazole rings is 1. The smallest absolute Gasteiger partial charge is 0.312 e. The number of aldehydes is 1. The lowest BCUT2D eigenvalue weighted by Gasteiger charge is -1.93. The lowest BCUT2D eigenvalue weighted by atomic mass is 10.5. The van der Waals surface area contributed by atoms with E-state index in [-0.39, 0.29) is 12.2 Å². The summed E-state index contributed by atoms with van der Waals surface area (Å²) < 4.78 is 1.37. The molecule has 0 aliphatic carbocycles. The molecule has 4 nitrogen and oxygen atoms in total. The maximum atomic E-state index is 10.8. The molecular weight excluding hydrogens is 132 g/mol. The van der Waals surface area contributed by atoms with Gasteiger partial charge in [0.05, 0.1) is 6.54 Å². The molecule has 1 aromatic heterocycles. The van der Waals surface area contributed by atoms with Crippen molar-refractivity contribution in [3.63, 3.8) is 0 Å². The highest BCUT2D eigenvalue weighted by molar-refractivity contribution is 5.49. The fourth-order valence-electron chi connectivity index (χ4n) is 0.784. The zero-order valence-electron chi connectivity index (χ0n) is 5.63. The Kier molecular flexibility index (Phi) is 1.71. The van der Waals surface area contributed by atoms with Gasteiger partial charge in [0.2, 0.25) is 0 Å². The summed E-state index contributed by atoms with van der Waals surface area (Å²) in [5.74, 6) is 0. The van der Waals surface area contributed by atoms with Gasteiger partial charge in [-0.05, 0) is 6.92 Å². The summed E-state index contributed by atoms with van der Waals surface area (Å²) in [5, 5.41) is 0. The Labute approximate surface area is 57.5 Å². The van der Waals surface area contributed by atoms with Crippen molar-refractivity contribution in [2.75, 3.05) is 0 Å². The van der Waals surface area contributed by atoms with E-state index in [1.165, 1.54) is 4.57 Å². The van der Waals surface area contributed by atoms with Gasteiger partial charge in [0, 0.05) is 11.9 Å². The number of carbonyl (C=O) groups is 1. The second-order valence-corrected chi connectivity index (χ2v) is 2.01. The second-order valence-electron chi connectivity index (χ2n) is 2.01. The molecule has 0 saturated heterocycles. The van der Waals surface area contributed by atoms with Crippen LogP contribution in [0.1, 0.15) is 5.69 Å². The van der Waals surface area contributed by atoms with Crippen molar-refractivity contribution in [1.82, 2.24) is 9.55 Å². The number of nitrogens with zero attached hydrogens (tertiary/aromatic N) is 1. The van der Waals surface area contributed by atoms with Crippen LogP contribution in [-0.2, 0) is 11.3 Å². The molecule has 0 aliphatic rings. The highest BCUT2D eigenvalue weighted by atomic mass is 16.1. The molecule has 10 heavy (non-hydrogen) atoms. The Morgan fingerprint density at radius 1 is 1.80 bits per heavy atom. The van der Waals surface area contributed by atoms with Crippen LogP contribution in [-0.4, -0.2) is 15.8 Å². The topological polar surface area (TPSA) is 54.9 Å². The molecule has 1 rings (SSSR count). The fourth-order valence-corrected chi connectivity index (χ4v) is 0.784. The van der Waals surface area contributed by atoms with Crippen LogP contribution in [0.2, 0.25) is 0 Å². The predicted octanol–water partition coefficient (Wildman–Crippen LogP) is -0.316. The third-order valence-corrected chi connectivity index (χ3v) is 1.33. The van der Waals surface area contributed by atoms with Crippen LogP contribution in [0, 0.1) is 6.92 Å². The number of aromatic amines is 1. The molecule has 0 spiro atoms. The van der Waals surface area contributed by atoms with Crippen LogP contribution in [0.15, 0.2) is 11.0 Å². The Balaban J connectivity index is 3.10. The zero-order valence-corrected chi connectivity index (χ0v) is 5.63. The van der Waals surface area contributed by atoms with Crippen LogP contribution < -0.4 is 5.69 Å². The van der Waals surface area contributed by atoms with Gasteiger partial charge in [-0.3, -0.25) is 4.57 Å². The number of hydrogen-bond donors (Lipinski definition) is 1. The van der Waals surface area contributed by atoms with E-state index in [9.17, 15) is 9.59 Å². The minimum absolute atomic E-state index is 0.133. The first-order chi connectivity index (χ1) is 4.75. The van der Waals surface area contributed by atoms with Crippen LogP contribution in [0.5, 0.6) is 0 Å². The molecule has 0 saturated carbocycles. The van der Waals surface area contributed by atoms with Gasteiger partial charge in [-0.1, -0.05) is 0 Å². The van der Waals surface area contributed by atoms with Crippen molar-refractivity contribution in [2.24, 2.45) is 0 Å². The van der Waals surface area contributed by atoms with Gasteiger partial charge >= 0.3 is 5.69 Å². The lowest BCUT2D eigenvalue weighted by molar-refractivity contribution is -0.108. The summed E-state index contributed by atoms with van der Waals surface area (Å²) in [6.07, 6.45) is 2.27. The Morgan fingerprint density at radius 2 is 2.50 bits per heavy atom. The van der Waals surface area contributed by atoms with E-state index in [0.717, 1.165) is 5.69 Å². The molecule has 0 bridgehead atoms. The van der Waals surface area contributed by atoms with Crippen LogP contribution in [0.3, 0.4) is 0 Å². The fraction of sp³-hybridized carbons (Fsp3) is 0.333. The number of hydrogen-bond acceptors (Lipinski definition) is 2. The standard InChI is InChI=1S/C6H8N2O2/c1-5-4-7-6(10)8(5)2-3-9/h3-4H,2H2,1H3,(H,7,10). The van der Waals surface area contributed by atoms with E-state index in [4.69, 9.17) is 0 Å². The quantitative estimate of drug-likeness (QED) is 0.572. The normalized spacial score (nSPS) is 9.70. The summed E-state index contributed by atoms with van der Waals surface area (Å²) in [6.45, 7) is 1.90. The van der Waals surface area contributed by atoms with Crippen molar-refractivity contribution in [3.05, 3.63) is 22.4 Å². The summed E-state index contributed by atoms with van der Waals surface area (Å²) in [7, 11) is 0. The number of rotatable bonds is 2. The number of H-pyrrole nitrogens is 1. The number of aryl methyl sites for hydroxylation is 1. The molecule has 0 atom stereocenters. The molecular formula is C6H8N2O2. The lowest BCUT2D eigenvalue weighted by Crippen LogP contribution is -2.18. The van der Waals surface area contributed by atoms with Gasteiger partial charge in [0.15, 0.2) is 0 Å². The van der Waals surface area contributed by atoms with E-state index in [0.29, 0.717) is 6.29 Å². The minimum Gasteiger partial charge on any atom is -0.312 e. The average molecular weight is 140 g/mol. The van der Waals surface area contributed by atoms with Crippen LogP contribution >= 0.6 is 0 Å². The minimum atomic E-state index is -0.232. The number of nitrogens with one attached hydrogen (secondary N) is 1. The molecule has 0 aromatic carbocycles. The first-order valence-corrected chi connectivity index (χ1v) is 2.94. The molecule has 0 amide bonds. The SMILES string of the molecule is Cc1c[nH]c(=O)n1CC=O. The number of aromatic nitrogens is 2. The molecule has 0 radical (unpaired) electrons. The largest absolute Gasteiger partial charge is 0.326 e. The first kappa shape index (κ1) is 6.80. The van der Waals surface area contributed by atoms with Crippen molar-refractivity contribution in [3.8, 4) is 0 Å². The van der Waals surface area contributed by atoms with E-state index in [1.54, 1.807) is 13.1 Å². The Hall–Kier alpha value is -1.32. The molecule has 54 valence electrons. The molecule has 1 aromatic rings. The first-order valence-electron chi connectivity index (χ1n) is 2.94. The van der Waals surface area contributed by atoms with E-state index >= 15 is 0 Å². The van der Waals surface area contributed by atoms with Crippen molar-refractivity contribution in [2.45, 2.75) is 13.5 Å².